The van der Waals surface area contributed by atoms with E-state index in [1.165, 1.54) is 0 Å². The number of carboxylic acids is 3. The monoisotopic (exact) mass is 268 g/mol. The van der Waals surface area contributed by atoms with Gasteiger partial charge in [-0.15, -0.1) is 0 Å². The van der Waals surface area contributed by atoms with E-state index in [9.17, 15) is 29.7 Å². The molecule has 0 aromatic carbocycles. The zero-order chi connectivity index (χ0) is 11.5. The Bertz CT molecular complexity index is 282. The van der Waals surface area contributed by atoms with Gasteiger partial charge in [0.15, 0.2) is 0 Å². The first kappa shape index (κ1) is 21.8. The number of hydrogen-bond donors (Lipinski definition) is 2. The quantitative estimate of drug-likeness (QED) is 0.464. The number of aliphatic carboxylic acids is 3. The Labute approximate surface area is 142 Å². The number of aliphatic hydroxyl groups is 2. The maximum atomic E-state index is 10.2. The van der Waals surface area contributed by atoms with E-state index in [2.05, 4.69) is 0 Å². The molecule has 0 aliphatic carbocycles. The first-order valence-electron chi connectivity index (χ1n) is 3.24. The van der Waals surface area contributed by atoms with E-state index >= 15 is 0 Å². The zero-order valence-corrected chi connectivity index (χ0v) is 12.5. The molecule has 2 unspecified atom stereocenters. The number of carbonyl (C=O) groups is 3. The van der Waals surface area contributed by atoms with Crippen LogP contribution in [0.4, 0.5) is 0 Å². The number of hydrogen-bond acceptors (Lipinski definition) is 8. The number of rotatable bonds is 5. The van der Waals surface area contributed by atoms with Crippen molar-refractivity contribution in [2.75, 3.05) is 0 Å². The van der Waals surface area contributed by atoms with Gasteiger partial charge in [-0.25, -0.2) is 0 Å². The second-order valence-electron chi connectivity index (χ2n) is 2.48. The summed E-state index contributed by atoms with van der Waals surface area (Å²) in [5.41, 5.74) is -3.46. The zero-order valence-electron chi connectivity index (χ0n) is 8.34. The molecule has 0 spiro atoms. The summed E-state index contributed by atoms with van der Waals surface area (Å²) >= 11 is 0. The predicted molar refractivity (Wildman–Crippen MR) is 36.3 cm³/mol. The van der Waals surface area contributed by atoms with E-state index in [-0.39, 0.29) is 67.3 Å². The van der Waals surface area contributed by atoms with Gasteiger partial charge in [0.25, 0.3) is 0 Å². The molecule has 0 amide bonds. The maximum absolute atomic E-state index is 10.2. The maximum Gasteiger partial charge on any atom is 2.00 e. The molecule has 0 saturated carbocycles. The summed E-state index contributed by atoms with van der Waals surface area (Å²) in [6, 6.07) is 0. The van der Waals surface area contributed by atoms with Crippen molar-refractivity contribution in [1.29, 1.82) is 0 Å². The Morgan fingerprint density at radius 2 is 1.56 bits per heavy atom. The molecule has 2 atom stereocenters. The van der Waals surface area contributed by atoms with Crippen molar-refractivity contribution >= 4 is 55.6 Å². The van der Waals surface area contributed by atoms with Gasteiger partial charge in [0.2, 0.25) is 0 Å². The van der Waals surface area contributed by atoms with Gasteiger partial charge < -0.3 is 39.9 Å². The molecule has 2 N–H and O–H groups in total. The van der Waals surface area contributed by atoms with Gasteiger partial charge >= 0.3 is 67.3 Å². The summed E-state index contributed by atoms with van der Waals surface area (Å²) in [6.07, 6.45) is -4.53. The summed E-state index contributed by atoms with van der Waals surface area (Å²) in [5, 5.41) is 47.8. The summed E-state index contributed by atoms with van der Waals surface area (Å²) in [4.78, 5) is 30.2. The minimum absolute atomic E-state index is 0. The summed E-state index contributed by atoms with van der Waals surface area (Å²) in [7, 11) is 0. The largest absolute Gasteiger partial charge is 2.00 e. The van der Waals surface area contributed by atoms with Gasteiger partial charge in [0, 0.05) is 12.4 Å². The average molecular weight is 268 g/mol. The van der Waals surface area contributed by atoms with Crippen LogP contribution in [0.1, 0.15) is 6.42 Å². The SMILES string of the molecule is O=C([O-])CC(O)(C(=O)[O-])C(O)C(=O)[O-].[Ca+2].[Na+]. The second kappa shape index (κ2) is 8.65. The molecule has 0 aliphatic rings. The van der Waals surface area contributed by atoms with Crippen molar-refractivity contribution in [1.82, 2.24) is 0 Å². The van der Waals surface area contributed by atoms with E-state index in [1.54, 1.807) is 0 Å². The van der Waals surface area contributed by atoms with Gasteiger partial charge in [-0.05, 0) is 0 Å². The second-order valence-corrected chi connectivity index (χ2v) is 2.48. The minimum Gasteiger partial charge on any atom is -0.550 e. The molecule has 8 nitrogen and oxygen atoms in total. The molecule has 0 rings (SSSR count). The molecule has 0 aromatic heterocycles. The molecule has 0 aliphatic heterocycles. The van der Waals surface area contributed by atoms with Crippen LogP contribution in [-0.2, 0) is 14.4 Å². The topological polar surface area (TPSA) is 161 Å². The molecule has 0 saturated heterocycles. The molecule has 0 fully saturated rings. The average Bonchev–Trinajstić information content (AvgIpc) is 2.00. The van der Waals surface area contributed by atoms with Crippen LogP contribution >= 0.6 is 0 Å². The molecule has 80 valence electrons. The van der Waals surface area contributed by atoms with Crippen LogP contribution in [0, 0.1) is 0 Å². The Morgan fingerprint density at radius 3 is 1.75 bits per heavy atom. The van der Waals surface area contributed by atoms with Crippen LogP contribution in [-0.4, -0.2) is 77.6 Å². The van der Waals surface area contributed by atoms with Crippen LogP contribution in [0.2, 0.25) is 0 Å². The first-order chi connectivity index (χ1) is 6.21. The normalized spacial score (nSPS) is 14.6. The molecule has 0 radical (unpaired) electrons. The number of carbonyl (C=O) groups excluding carboxylic acids is 3. The first-order valence-corrected chi connectivity index (χ1v) is 3.24. The molecular formula is C6H5CaNaO8. The minimum atomic E-state index is -3.46. The predicted octanol–water partition coefficient (Wildman–Crippen LogP) is -9.66. The molecule has 0 aromatic rings. The molecule has 0 bridgehead atoms. The molecule has 16 heavy (non-hydrogen) atoms. The Balaban J connectivity index is -0.000000845. The van der Waals surface area contributed by atoms with Gasteiger partial charge in [0.1, 0.15) is 11.7 Å². The third kappa shape index (κ3) is 5.78. The van der Waals surface area contributed by atoms with Crippen molar-refractivity contribution in [2.45, 2.75) is 18.1 Å². The number of carboxylic acid groups (broad SMARTS) is 3. The molecule has 0 heterocycles. The fourth-order valence-electron chi connectivity index (χ4n) is 0.695. The summed E-state index contributed by atoms with van der Waals surface area (Å²) in [5.74, 6) is -6.84. The smallest absolute Gasteiger partial charge is 0.550 e. The standard InChI is InChI=1S/C6H8O8.Ca.Na/c7-2(8)1-6(14,5(12)13)3(9)4(10)11;;/h3,9,14H,1H2,(H,7,8)(H,10,11)(H,12,13);;/q;+2;+1/p-3. The van der Waals surface area contributed by atoms with Gasteiger partial charge in [-0.3, -0.25) is 0 Å². The van der Waals surface area contributed by atoms with E-state index < -0.39 is 36.0 Å². The van der Waals surface area contributed by atoms with Crippen molar-refractivity contribution in [2.24, 2.45) is 0 Å². The Kier molecular flexibility index (Phi) is 11.8. The van der Waals surface area contributed by atoms with Crippen LogP contribution in [0.3, 0.4) is 0 Å². The van der Waals surface area contributed by atoms with Crippen molar-refractivity contribution in [3.8, 4) is 0 Å². The Hall–Kier alpha value is 0.590. The van der Waals surface area contributed by atoms with Crippen molar-refractivity contribution in [3.05, 3.63) is 0 Å². The van der Waals surface area contributed by atoms with E-state index in [0.29, 0.717) is 0 Å². The molecule has 10 heteroatoms. The van der Waals surface area contributed by atoms with Crippen LogP contribution < -0.4 is 44.9 Å². The summed E-state index contributed by atoms with van der Waals surface area (Å²) < 4.78 is 0. The van der Waals surface area contributed by atoms with Crippen LogP contribution in [0.5, 0.6) is 0 Å². The Morgan fingerprint density at radius 1 is 1.19 bits per heavy atom. The van der Waals surface area contributed by atoms with Crippen molar-refractivity contribution in [3.63, 3.8) is 0 Å². The third-order valence-electron chi connectivity index (χ3n) is 1.44. The van der Waals surface area contributed by atoms with E-state index in [4.69, 9.17) is 10.2 Å². The molecular weight excluding hydrogens is 263 g/mol. The fourth-order valence-corrected chi connectivity index (χ4v) is 0.695. The van der Waals surface area contributed by atoms with Crippen molar-refractivity contribution < 1.29 is 69.5 Å². The third-order valence-corrected chi connectivity index (χ3v) is 1.44. The van der Waals surface area contributed by atoms with E-state index in [1.807, 2.05) is 0 Å². The van der Waals surface area contributed by atoms with Crippen LogP contribution in [0.25, 0.3) is 0 Å². The van der Waals surface area contributed by atoms with Gasteiger partial charge in [0.05, 0.1) is 11.9 Å². The van der Waals surface area contributed by atoms with E-state index in [0.717, 1.165) is 0 Å². The van der Waals surface area contributed by atoms with Gasteiger partial charge in [-0.1, -0.05) is 0 Å². The van der Waals surface area contributed by atoms with Crippen LogP contribution in [0.15, 0.2) is 0 Å². The van der Waals surface area contributed by atoms with Gasteiger partial charge in [-0.2, -0.15) is 0 Å². The number of aliphatic hydroxyl groups excluding tert-OH is 1. The fraction of sp³-hybridized carbons (Fsp3) is 0.500. The summed E-state index contributed by atoms with van der Waals surface area (Å²) in [6.45, 7) is 0.